The number of ether oxygens (including phenoxy) is 2. The molecule has 1 rings (SSSR count). The van der Waals surface area contributed by atoms with E-state index in [1.807, 2.05) is 14.0 Å². The minimum Gasteiger partial charge on any atom is -0.491 e. The first-order valence-corrected chi connectivity index (χ1v) is 6.86. The van der Waals surface area contributed by atoms with Crippen LogP contribution in [0.15, 0.2) is 18.2 Å². The van der Waals surface area contributed by atoms with E-state index >= 15 is 0 Å². The molecule has 1 aromatic carbocycles. The number of hydrogen-bond acceptors (Lipinski definition) is 3. The first-order chi connectivity index (χ1) is 9.19. The Hall–Kier alpha value is -1.13. The number of hydrogen-bond donors (Lipinski definition) is 1. The van der Waals surface area contributed by atoms with Gasteiger partial charge in [0.05, 0.1) is 6.61 Å². The molecule has 4 heteroatoms. The van der Waals surface area contributed by atoms with Crippen molar-refractivity contribution in [3.8, 4) is 5.75 Å². The molecule has 1 atom stereocenters. The number of rotatable bonds is 9. The summed E-state index contributed by atoms with van der Waals surface area (Å²) >= 11 is 0. The van der Waals surface area contributed by atoms with Gasteiger partial charge in [0.2, 0.25) is 0 Å². The molecule has 0 aliphatic rings. The van der Waals surface area contributed by atoms with Crippen LogP contribution in [0.5, 0.6) is 5.75 Å². The van der Waals surface area contributed by atoms with Gasteiger partial charge in [0, 0.05) is 24.3 Å². The fourth-order valence-electron chi connectivity index (χ4n) is 1.71. The van der Waals surface area contributed by atoms with Crippen LogP contribution in [0.25, 0.3) is 0 Å². The smallest absolute Gasteiger partial charge is 0.127 e. The zero-order chi connectivity index (χ0) is 14.1. The molecule has 108 valence electrons. The molecule has 1 N–H and O–H groups in total. The minimum atomic E-state index is -0.283. The maximum Gasteiger partial charge on any atom is 0.127 e. The van der Waals surface area contributed by atoms with Crippen LogP contribution < -0.4 is 10.1 Å². The van der Waals surface area contributed by atoms with Crippen LogP contribution in [0, 0.1) is 5.82 Å². The number of unbranched alkanes of at least 4 members (excludes halogenated alkanes) is 1. The van der Waals surface area contributed by atoms with Gasteiger partial charge in [-0.1, -0.05) is 19.4 Å². The van der Waals surface area contributed by atoms with Crippen LogP contribution in [0.1, 0.15) is 38.3 Å². The monoisotopic (exact) mass is 269 g/mol. The van der Waals surface area contributed by atoms with E-state index in [2.05, 4.69) is 12.2 Å². The lowest BCUT2D eigenvalue weighted by molar-refractivity contribution is 0.0974. The van der Waals surface area contributed by atoms with Crippen molar-refractivity contribution in [2.45, 2.75) is 32.7 Å². The highest BCUT2D eigenvalue weighted by molar-refractivity contribution is 5.36. The average Bonchev–Trinajstić information content (AvgIpc) is 2.42. The Morgan fingerprint density at radius 2 is 2.05 bits per heavy atom. The summed E-state index contributed by atoms with van der Waals surface area (Å²) in [5, 5.41) is 3.13. The molecule has 0 aliphatic carbocycles. The van der Waals surface area contributed by atoms with Crippen molar-refractivity contribution in [3.05, 3.63) is 29.6 Å². The molecule has 0 amide bonds. The van der Waals surface area contributed by atoms with Gasteiger partial charge < -0.3 is 14.8 Å². The molecule has 19 heavy (non-hydrogen) atoms. The van der Waals surface area contributed by atoms with Crippen LogP contribution in [0.4, 0.5) is 4.39 Å². The molecule has 1 aromatic rings. The van der Waals surface area contributed by atoms with Crippen LogP contribution in [-0.2, 0) is 4.74 Å². The maximum absolute atomic E-state index is 13.3. The predicted molar refractivity (Wildman–Crippen MR) is 75.1 cm³/mol. The van der Waals surface area contributed by atoms with Crippen LogP contribution in [0.2, 0.25) is 0 Å². The van der Waals surface area contributed by atoms with Crippen molar-refractivity contribution < 1.29 is 13.9 Å². The van der Waals surface area contributed by atoms with Gasteiger partial charge in [0.1, 0.15) is 18.2 Å². The summed E-state index contributed by atoms with van der Waals surface area (Å²) in [6.45, 7) is 5.86. The molecular weight excluding hydrogens is 245 g/mol. The van der Waals surface area contributed by atoms with Crippen molar-refractivity contribution >= 4 is 0 Å². The van der Waals surface area contributed by atoms with E-state index in [0.717, 1.165) is 25.0 Å². The van der Waals surface area contributed by atoms with Crippen molar-refractivity contribution in [1.82, 2.24) is 5.32 Å². The third-order valence-electron chi connectivity index (χ3n) is 3.00. The van der Waals surface area contributed by atoms with Crippen molar-refractivity contribution in [3.63, 3.8) is 0 Å². The number of benzene rings is 1. The normalized spacial score (nSPS) is 12.4. The Labute approximate surface area is 115 Å². The Kier molecular flexibility index (Phi) is 7.45. The van der Waals surface area contributed by atoms with Crippen LogP contribution in [-0.4, -0.2) is 26.9 Å². The second kappa shape index (κ2) is 8.88. The van der Waals surface area contributed by atoms with Gasteiger partial charge in [0.25, 0.3) is 0 Å². The zero-order valence-corrected chi connectivity index (χ0v) is 12.0. The van der Waals surface area contributed by atoms with E-state index in [1.54, 1.807) is 6.07 Å². The molecule has 0 spiro atoms. The maximum atomic E-state index is 13.3. The summed E-state index contributed by atoms with van der Waals surface area (Å²) in [4.78, 5) is 0. The molecule has 0 saturated heterocycles. The molecule has 0 heterocycles. The van der Waals surface area contributed by atoms with E-state index in [-0.39, 0.29) is 11.9 Å². The van der Waals surface area contributed by atoms with Crippen LogP contribution >= 0.6 is 0 Å². The van der Waals surface area contributed by atoms with Crippen LogP contribution in [0.3, 0.4) is 0 Å². The van der Waals surface area contributed by atoms with E-state index in [1.165, 1.54) is 12.1 Å². The highest BCUT2D eigenvalue weighted by atomic mass is 19.1. The standard InChI is InChI=1S/C15H24FNO2/c1-4-5-8-18-9-10-19-15-11-13(16)6-7-14(15)12(2)17-3/h6-7,11-12,17H,4-5,8-10H2,1-3H3. The van der Waals surface area contributed by atoms with E-state index < -0.39 is 0 Å². The fraction of sp³-hybridized carbons (Fsp3) is 0.600. The third-order valence-corrected chi connectivity index (χ3v) is 3.00. The third kappa shape index (κ3) is 5.57. The van der Waals surface area contributed by atoms with Gasteiger partial charge in [0.15, 0.2) is 0 Å². The minimum absolute atomic E-state index is 0.122. The molecule has 0 aromatic heterocycles. The van der Waals surface area contributed by atoms with Gasteiger partial charge in [-0.2, -0.15) is 0 Å². The Bertz CT molecular complexity index is 371. The highest BCUT2D eigenvalue weighted by Crippen LogP contribution is 2.25. The molecule has 3 nitrogen and oxygen atoms in total. The zero-order valence-electron chi connectivity index (χ0n) is 12.0. The second-order valence-corrected chi connectivity index (χ2v) is 4.51. The number of nitrogens with one attached hydrogen (secondary N) is 1. The largest absolute Gasteiger partial charge is 0.491 e. The van der Waals surface area contributed by atoms with Crippen molar-refractivity contribution in [2.24, 2.45) is 0 Å². The highest BCUT2D eigenvalue weighted by Gasteiger charge is 2.11. The molecule has 0 fully saturated rings. The lowest BCUT2D eigenvalue weighted by atomic mass is 10.1. The van der Waals surface area contributed by atoms with Gasteiger partial charge in [-0.05, 0) is 26.5 Å². The van der Waals surface area contributed by atoms with Gasteiger partial charge in [-0.3, -0.25) is 0 Å². The molecule has 1 unspecified atom stereocenters. The quantitative estimate of drug-likeness (QED) is 0.698. The number of halogens is 1. The summed E-state index contributed by atoms with van der Waals surface area (Å²) < 4.78 is 24.3. The van der Waals surface area contributed by atoms with Gasteiger partial charge in [-0.15, -0.1) is 0 Å². The van der Waals surface area contributed by atoms with E-state index in [0.29, 0.717) is 19.0 Å². The first kappa shape index (κ1) is 15.9. The molecular formula is C15H24FNO2. The molecule has 0 aliphatic heterocycles. The van der Waals surface area contributed by atoms with Crippen molar-refractivity contribution in [1.29, 1.82) is 0 Å². The van der Waals surface area contributed by atoms with Gasteiger partial charge >= 0.3 is 0 Å². The van der Waals surface area contributed by atoms with E-state index in [9.17, 15) is 4.39 Å². The van der Waals surface area contributed by atoms with Gasteiger partial charge in [-0.25, -0.2) is 4.39 Å². The Morgan fingerprint density at radius 1 is 1.26 bits per heavy atom. The lowest BCUT2D eigenvalue weighted by Gasteiger charge is -2.16. The summed E-state index contributed by atoms with van der Waals surface area (Å²) in [6, 6.07) is 4.75. The summed E-state index contributed by atoms with van der Waals surface area (Å²) in [5.41, 5.74) is 0.956. The Morgan fingerprint density at radius 3 is 2.74 bits per heavy atom. The lowest BCUT2D eigenvalue weighted by Crippen LogP contribution is -2.15. The summed E-state index contributed by atoms with van der Waals surface area (Å²) in [5.74, 6) is 0.301. The predicted octanol–water partition coefficient (Wildman–Crippen LogP) is 3.30. The summed E-state index contributed by atoms with van der Waals surface area (Å²) in [6.07, 6.45) is 2.18. The SMILES string of the molecule is CCCCOCCOc1cc(F)ccc1C(C)NC. The topological polar surface area (TPSA) is 30.5 Å². The van der Waals surface area contributed by atoms with E-state index in [4.69, 9.17) is 9.47 Å². The Balaban J connectivity index is 2.49. The van der Waals surface area contributed by atoms with Crippen molar-refractivity contribution in [2.75, 3.05) is 26.9 Å². The average molecular weight is 269 g/mol. The fourth-order valence-corrected chi connectivity index (χ4v) is 1.71. The molecule has 0 saturated carbocycles. The summed E-state index contributed by atoms with van der Waals surface area (Å²) in [7, 11) is 1.87. The second-order valence-electron chi connectivity index (χ2n) is 4.51. The molecule has 0 radical (unpaired) electrons. The first-order valence-electron chi connectivity index (χ1n) is 6.86. The molecule has 0 bridgehead atoms.